The summed E-state index contributed by atoms with van der Waals surface area (Å²) in [6, 6.07) is 15.5. The average molecular weight is 415 g/mol. The molecule has 6 nitrogen and oxygen atoms in total. The number of amides is 1. The maximum absolute atomic E-state index is 12.6. The fourth-order valence-electron chi connectivity index (χ4n) is 2.44. The van der Waals surface area contributed by atoms with E-state index in [1.54, 1.807) is 0 Å². The van der Waals surface area contributed by atoms with Gasteiger partial charge in [0.15, 0.2) is 4.34 Å². The Morgan fingerprint density at radius 2 is 2.04 bits per heavy atom. The van der Waals surface area contributed by atoms with E-state index in [1.807, 2.05) is 69.3 Å². The smallest absolute Gasteiger partial charge is 0.237 e. The lowest BCUT2D eigenvalue weighted by atomic mass is 10.2. The van der Waals surface area contributed by atoms with E-state index >= 15 is 0 Å². The van der Waals surface area contributed by atoms with Gasteiger partial charge in [0, 0.05) is 5.69 Å². The van der Waals surface area contributed by atoms with Crippen LogP contribution >= 0.6 is 23.1 Å². The van der Waals surface area contributed by atoms with Gasteiger partial charge in [-0.1, -0.05) is 47.4 Å². The summed E-state index contributed by atoms with van der Waals surface area (Å²) in [5.74, 6) is 0.552. The monoisotopic (exact) mass is 414 g/mol. The van der Waals surface area contributed by atoms with Crippen LogP contribution in [0.2, 0.25) is 0 Å². The van der Waals surface area contributed by atoms with E-state index in [0.29, 0.717) is 23.2 Å². The third-order valence-corrected chi connectivity index (χ3v) is 5.79. The zero-order valence-electron chi connectivity index (χ0n) is 15.9. The number of aromatic nitrogens is 2. The standard InChI is InChI=1S/C20H22N4O2S2/c1-4-26-17-11-6-5-10-16(17)22-18(25)14(3)27-20-24-23-19(28-20)21-15-9-7-8-13(2)12-15/h5-12,14H,4H2,1-3H3,(H,21,23)(H,22,25). The maximum Gasteiger partial charge on any atom is 0.237 e. The van der Waals surface area contributed by atoms with Crippen LogP contribution < -0.4 is 15.4 Å². The summed E-state index contributed by atoms with van der Waals surface area (Å²) in [5, 5.41) is 14.9. The van der Waals surface area contributed by atoms with Crippen LogP contribution in [0.4, 0.5) is 16.5 Å². The third kappa shape index (κ3) is 5.46. The quantitative estimate of drug-likeness (QED) is 0.499. The molecule has 1 amide bonds. The molecule has 28 heavy (non-hydrogen) atoms. The fraction of sp³-hybridized carbons (Fsp3) is 0.250. The normalized spacial score (nSPS) is 11.7. The molecular formula is C20H22N4O2S2. The van der Waals surface area contributed by atoms with Gasteiger partial charge in [-0.15, -0.1) is 10.2 Å². The van der Waals surface area contributed by atoms with E-state index < -0.39 is 0 Å². The molecule has 0 aliphatic carbocycles. The minimum atomic E-state index is -0.325. The van der Waals surface area contributed by atoms with Gasteiger partial charge in [-0.2, -0.15) is 0 Å². The number of nitrogens with zero attached hydrogens (tertiary/aromatic N) is 2. The number of ether oxygens (including phenoxy) is 1. The van der Waals surface area contributed by atoms with E-state index in [2.05, 4.69) is 20.8 Å². The Kier molecular flexibility index (Phi) is 6.89. The molecule has 3 aromatic rings. The Morgan fingerprint density at radius 1 is 1.21 bits per heavy atom. The first-order valence-electron chi connectivity index (χ1n) is 8.91. The number of anilines is 3. The zero-order valence-corrected chi connectivity index (χ0v) is 17.6. The van der Waals surface area contributed by atoms with Gasteiger partial charge in [-0.25, -0.2) is 0 Å². The van der Waals surface area contributed by atoms with Crippen LogP contribution in [0.25, 0.3) is 0 Å². The fourth-order valence-corrected chi connectivity index (χ4v) is 4.36. The Bertz CT molecular complexity index is 945. The first-order valence-corrected chi connectivity index (χ1v) is 10.6. The van der Waals surface area contributed by atoms with Crippen LogP contribution in [-0.2, 0) is 4.79 Å². The zero-order chi connectivity index (χ0) is 19.9. The van der Waals surface area contributed by atoms with Crippen molar-refractivity contribution in [3.63, 3.8) is 0 Å². The molecule has 0 radical (unpaired) electrons. The van der Waals surface area contributed by atoms with Crippen LogP contribution in [0.5, 0.6) is 5.75 Å². The number of rotatable bonds is 8. The third-order valence-electron chi connectivity index (χ3n) is 3.77. The average Bonchev–Trinajstić information content (AvgIpc) is 3.10. The second kappa shape index (κ2) is 9.57. The van der Waals surface area contributed by atoms with Crippen molar-refractivity contribution < 1.29 is 9.53 Å². The lowest BCUT2D eigenvalue weighted by Gasteiger charge is -2.13. The highest BCUT2D eigenvalue weighted by Crippen LogP contribution is 2.31. The molecule has 2 N–H and O–H groups in total. The summed E-state index contributed by atoms with van der Waals surface area (Å²) >= 11 is 2.80. The molecule has 0 spiro atoms. The van der Waals surface area contributed by atoms with E-state index in [4.69, 9.17) is 4.74 Å². The van der Waals surface area contributed by atoms with Crippen LogP contribution in [0.3, 0.4) is 0 Å². The Morgan fingerprint density at radius 3 is 2.82 bits per heavy atom. The first kappa shape index (κ1) is 20.2. The Balaban J connectivity index is 1.59. The summed E-state index contributed by atoms with van der Waals surface area (Å²) in [6.45, 7) is 6.34. The lowest BCUT2D eigenvalue weighted by Crippen LogP contribution is -2.22. The van der Waals surface area contributed by atoms with Crippen molar-refractivity contribution in [2.24, 2.45) is 0 Å². The van der Waals surface area contributed by atoms with Crippen molar-refractivity contribution in [1.29, 1.82) is 0 Å². The number of thioether (sulfide) groups is 1. The molecule has 0 saturated carbocycles. The maximum atomic E-state index is 12.6. The van der Waals surface area contributed by atoms with Crippen LogP contribution in [0.1, 0.15) is 19.4 Å². The molecule has 0 aliphatic heterocycles. The molecule has 1 unspecified atom stereocenters. The van der Waals surface area contributed by atoms with Gasteiger partial charge in [0.25, 0.3) is 0 Å². The van der Waals surface area contributed by atoms with Crippen LogP contribution in [-0.4, -0.2) is 28.0 Å². The van der Waals surface area contributed by atoms with E-state index in [-0.39, 0.29) is 11.2 Å². The molecule has 0 fully saturated rings. The SMILES string of the molecule is CCOc1ccccc1NC(=O)C(C)Sc1nnc(Nc2cccc(C)c2)s1. The van der Waals surface area contributed by atoms with Crippen LogP contribution in [0.15, 0.2) is 52.9 Å². The van der Waals surface area contributed by atoms with Gasteiger partial charge < -0.3 is 15.4 Å². The van der Waals surface area contributed by atoms with Crippen molar-refractivity contribution in [3.05, 3.63) is 54.1 Å². The molecule has 3 rings (SSSR count). The van der Waals surface area contributed by atoms with Crippen LogP contribution in [0, 0.1) is 6.92 Å². The second-order valence-corrected chi connectivity index (χ2v) is 8.61. The molecule has 0 saturated heterocycles. The molecule has 1 aromatic heterocycles. The topological polar surface area (TPSA) is 76.1 Å². The molecule has 0 aliphatic rings. The number of benzene rings is 2. The summed E-state index contributed by atoms with van der Waals surface area (Å²) in [7, 11) is 0. The Labute approximate surface area is 172 Å². The van der Waals surface area contributed by atoms with Gasteiger partial charge in [-0.05, 0) is 50.6 Å². The minimum absolute atomic E-state index is 0.111. The largest absolute Gasteiger partial charge is 0.492 e. The van der Waals surface area contributed by atoms with E-state index in [1.165, 1.54) is 28.7 Å². The molecule has 8 heteroatoms. The summed E-state index contributed by atoms with van der Waals surface area (Å²) in [4.78, 5) is 12.6. The first-order chi connectivity index (χ1) is 13.5. The van der Waals surface area contributed by atoms with Gasteiger partial charge in [-0.3, -0.25) is 4.79 Å². The van der Waals surface area contributed by atoms with E-state index in [9.17, 15) is 4.79 Å². The lowest BCUT2D eigenvalue weighted by molar-refractivity contribution is -0.115. The summed E-state index contributed by atoms with van der Waals surface area (Å²) < 4.78 is 6.29. The van der Waals surface area contributed by atoms with Gasteiger partial charge >= 0.3 is 0 Å². The van der Waals surface area contributed by atoms with Gasteiger partial charge in [0.1, 0.15) is 5.75 Å². The highest BCUT2D eigenvalue weighted by atomic mass is 32.2. The number of carbonyl (C=O) groups excluding carboxylic acids is 1. The molecule has 1 atom stereocenters. The number of aryl methyl sites for hydroxylation is 1. The van der Waals surface area contributed by atoms with Crippen molar-refractivity contribution in [2.75, 3.05) is 17.2 Å². The molecule has 2 aromatic carbocycles. The summed E-state index contributed by atoms with van der Waals surface area (Å²) in [6.07, 6.45) is 0. The summed E-state index contributed by atoms with van der Waals surface area (Å²) in [5.41, 5.74) is 2.80. The minimum Gasteiger partial charge on any atom is -0.492 e. The number of para-hydroxylation sites is 2. The highest BCUT2D eigenvalue weighted by molar-refractivity contribution is 8.02. The van der Waals surface area contributed by atoms with Crippen molar-refractivity contribution in [1.82, 2.24) is 10.2 Å². The van der Waals surface area contributed by atoms with Crippen molar-refractivity contribution in [3.8, 4) is 5.75 Å². The highest BCUT2D eigenvalue weighted by Gasteiger charge is 2.18. The number of nitrogens with one attached hydrogen (secondary N) is 2. The predicted molar refractivity (Wildman–Crippen MR) is 116 cm³/mol. The van der Waals surface area contributed by atoms with Gasteiger partial charge in [0.05, 0.1) is 17.5 Å². The van der Waals surface area contributed by atoms with Crippen molar-refractivity contribution >= 4 is 45.5 Å². The van der Waals surface area contributed by atoms with Crippen molar-refractivity contribution in [2.45, 2.75) is 30.4 Å². The number of hydrogen-bond acceptors (Lipinski definition) is 7. The van der Waals surface area contributed by atoms with Gasteiger partial charge in [0.2, 0.25) is 11.0 Å². The molecule has 146 valence electrons. The number of carbonyl (C=O) groups is 1. The molecule has 1 heterocycles. The number of hydrogen-bond donors (Lipinski definition) is 2. The molecule has 0 bridgehead atoms. The second-order valence-electron chi connectivity index (χ2n) is 6.05. The molecular weight excluding hydrogens is 392 g/mol. The van der Waals surface area contributed by atoms with E-state index in [0.717, 1.165) is 10.0 Å². The Hall–Kier alpha value is -2.58. The predicted octanol–water partition coefficient (Wildman–Crippen LogP) is 5.11.